The van der Waals surface area contributed by atoms with Crippen LogP contribution in [0.4, 0.5) is 26.7 Å². The van der Waals surface area contributed by atoms with Crippen LogP contribution in [0.5, 0.6) is 5.75 Å². The number of halogens is 5. The van der Waals surface area contributed by atoms with Gasteiger partial charge in [0.25, 0.3) is 0 Å². The number of carbonyl (C=O) groups excluding carboxylic acids is 5. The van der Waals surface area contributed by atoms with E-state index >= 15 is 0 Å². The topological polar surface area (TPSA) is 211 Å². The van der Waals surface area contributed by atoms with E-state index in [4.69, 9.17) is 28.4 Å². The van der Waals surface area contributed by atoms with E-state index in [0.717, 1.165) is 49.9 Å². The lowest BCUT2D eigenvalue weighted by atomic mass is 9.96. The molecule has 3 aromatic rings. The third kappa shape index (κ3) is 9.28. The maximum atomic E-state index is 14.7. The number of benzene rings is 3. The Morgan fingerprint density at radius 3 is 1.84 bits per heavy atom. The van der Waals surface area contributed by atoms with Gasteiger partial charge in [0.05, 0.1) is 6.10 Å². The summed E-state index contributed by atoms with van der Waals surface area (Å²) in [6.07, 6.45) is -9.94. The normalized spacial score (nSPS) is 20.6. The van der Waals surface area contributed by atoms with Crippen LogP contribution in [-0.4, -0.2) is 86.0 Å². The molecular weight excluding hydrogens is 787 g/mol. The van der Waals surface area contributed by atoms with Gasteiger partial charge in [-0.25, -0.2) is 22.8 Å². The molecule has 58 heavy (non-hydrogen) atoms. The van der Waals surface area contributed by atoms with E-state index in [9.17, 15) is 51.5 Å². The van der Waals surface area contributed by atoms with Crippen molar-refractivity contribution in [2.75, 3.05) is 13.2 Å². The summed E-state index contributed by atoms with van der Waals surface area (Å²) in [5.41, 5.74) is 12.8. The molecule has 1 saturated heterocycles. The van der Waals surface area contributed by atoms with E-state index in [1.807, 2.05) is 36.4 Å². The zero-order chi connectivity index (χ0) is 42.4. The van der Waals surface area contributed by atoms with Crippen LogP contribution in [0.15, 0.2) is 53.6 Å². The van der Waals surface area contributed by atoms with Crippen molar-refractivity contribution in [1.29, 1.82) is 0 Å². The second-order valence-corrected chi connectivity index (χ2v) is 12.8. The quantitative estimate of drug-likeness (QED) is 0.0263. The van der Waals surface area contributed by atoms with Gasteiger partial charge in [0.2, 0.25) is 34.8 Å². The second kappa shape index (κ2) is 18.3. The standard InChI is InChI=1S/C37H33F5N4O12/c1-15(54-36-31(45-46-43)34(56-18(4)49)32(55-17(3)48)24(57-36)14-52-16(2)47)30(35(50)58-33-28(41)26(39)25(38)27(40)29(33)42)44-37(51)53-13-23-21-11-7-5-9-19(21)20-10-6-8-12-22(20)23/h5-12,15,23-24,30-32,34,36H,13-14H2,1-4H3,(H,44,51)/t15-,24-,30+,31-,32+,34-,36+/m1/s1. The lowest BCUT2D eigenvalue weighted by molar-refractivity contribution is -0.283. The molecule has 3 aromatic carbocycles. The molecule has 308 valence electrons. The highest BCUT2D eigenvalue weighted by molar-refractivity contribution is 5.84. The molecular formula is C37H33F5N4O12. The first kappa shape index (κ1) is 42.8. The van der Waals surface area contributed by atoms with Gasteiger partial charge in [-0.1, -0.05) is 53.6 Å². The number of hydrogen-bond acceptors (Lipinski definition) is 13. The molecule has 21 heteroatoms. The predicted octanol–water partition coefficient (Wildman–Crippen LogP) is 5.43. The summed E-state index contributed by atoms with van der Waals surface area (Å²) < 4.78 is 109. The largest absolute Gasteiger partial charge is 0.463 e. The molecule has 5 rings (SSSR count). The van der Waals surface area contributed by atoms with Gasteiger partial charge in [0.1, 0.15) is 25.4 Å². The highest BCUT2D eigenvalue weighted by atomic mass is 19.2. The van der Waals surface area contributed by atoms with Gasteiger partial charge in [-0.15, -0.1) is 0 Å². The van der Waals surface area contributed by atoms with Crippen molar-refractivity contribution in [2.24, 2.45) is 5.11 Å². The van der Waals surface area contributed by atoms with Gasteiger partial charge < -0.3 is 38.5 Å². The molecule has 16 nitrogen and oxygen atoms in total. The molecule has 1 aliphatic heterocycles. The Kier molecular flexibility index (Phi) is 13.5. The third-order valence-corrected chi connectivity index (χ3v) is 8.92. The summed E-state index contributed by atoms with van der Waals surface area (Å²) in [5.74, 6) is -19.6. The van der Waals surface area contributed by atoms with Gasteiger partial charge in [0.15, 0.2) is 24.5 Å². The number of hydrogen-bond donors (Lipinski definition) is 1. The predicted molar refractivity (Wildman–Crippen MR) is 184 cm³/mol. The highest BCUT2D eigenvalue weighted by Crippen LogP contribution is 2.44. The zero-order valence-electron chi connectivity index (χ0n) is 30.8. The molecule has 0 spiro atoms. The molecule has 7 atom stereocenters. The molecule has 2 aliphatic rings. The number of esters is 4. The minimum Gasteiger partial charge on any atom is -0.463 e. The van der Waals surface area contributed by atoms with Crippen LogP contribution in [0.3, 0.4) is 0 Å². The van der Waals surface area contributed by atoms with Crippen molar-refractivity contribution < 1.29 is 79.1 Å². The number of nitrogens with one attached hydrogen (secondary N) is 1. The van der Waals surface area contributed by atoms with Gasteiger partial charge in [-0.05, 0) is 34.7 Å². The molecule has 0 radical (unpaired) electrons. The van der Waals surface area contributed by atoms with Crippen molar-refractivity contribution in [3.8, 4) is 16.9 Å². The molecule has 1 N–H and O–H groups in total. The fraction of sp³-hybridized carbons (Fsp3) is 0.378. The first-order chi connectivity index (χ1) is 27.5. The Balaban J connectivity index is 1.47. The van der Waals surface area contributed by atoms with E-state index in [0.29, 0.717) is 0 Å². The molecule has 1 aliphatic carbocycles. The van der Waals surface area contributed by atoms with Gasteiger partial charge in [-0.3, -0.25) is 14.4 Å². The van der Waals surface area contributed by atoms with E-state index in [1.54, 1.807) is 12.1 Å². The van der Waals surface area contributed by atoms with Crippen LogP contribution in [-0.2, 0) is 47.6 Å². The average molecular weight is 821 g/mol. The van der Waals surface area contributed by atoms with Crippen LogP contribution in [0, 0.1) is 29.1 Å². The highest BCUT2D eigenvalue weighted by Gasteiger charge is 2.52. The molecule has 0 unspecified atom stereocenters. The van der Waals surface area contributed by atoms with E-state index in [2.05, 4.69) is 20.1 Å². The summed E-state index contributed by atoms with van der Waals surface area (Å²) >= 11 is 0. The number of nitrogens with zero attached hydrogens (tertiary/aromatic N) is 3. The van der Waals surface area contributed by atoms with Crippen LogP contribution in [0.25, 0.3) is 21.6 Å². The Bertz CT molecular complexity index is 2080. The van der Waals surface area contributed by atoms with Gasteiger partial charge in [-0.2, -0.15) is 8.78 Å². The van der Waals surface area contributed by atoms with Crippen LogP contribution < -0.4 is 10.1 Å². The van der Waals surface area contributed by atoms with Crippen molar-refractivity contribution in [3.63, 3.8) is 0 Å². The van der Waals surface area contributed by atoms with E-state index in [-0.39, 0.29) is 6.61 Å². The lowest BCUT2D eigenvalue weighted by Crippen LogP contribution is -2.62. The smallest absolute Gasteiger partial charge is 0.407 e. The van der Waals surface area contributed by atoms with Crippen molar-refractivity contribution in [2.45, 2.75) is 76.4 Å². The van der Waals surface area contributed by atoms with Crippen molar-refractivity contribution in [1.82, 2.24) is 5.32 Å². The maximum Gasteiger partial charge on any atom is 0.407 e. The second-order valence-electron chi connectivity index (χ2n) is 12.8. The average Bonchev–Trinajstić information content (AvgIpc) is 3.50. The number of rotatable bonds is 13. The minimum atomic E-state index is -2.55. The number of carbonyl (C=O) groups is 5. The van der Waals surface area contributed by atoms with Crippen LogP contribution in [0.1, 0.15) is 44.7 Å². The summed E-state index contributed by atoms with van der Waals surface area (Å²) in [5, 5.41) is 5.65. The summed E-state index contributed by atoms with van der Waals surface area (Å²) in [4.78, 5) is 65.6. The van der Waals surface area contributed by atoms with E-state index in [1.165, 1.54) is 0 Å². The first-order valence-electron chi connectivity index (χ1n) is 17.2. The van der Waals surface area contributed by atoms with Crippen LogP contribution in [0.2, 0.25) is 0 Å². The lowest BCUT2D eigenvalue weighted by Gasteiger charge is -2.44. The maximum absolute atomic E-state index is 14.7. The number of ether oxygens (including phenoxy) is 7. The van der Waals surface area contributed by atoms with Gasteiger partial charge in [0, 0.05) is 31.6 Å². The monoisotopic (exact) mass is 820 g/mol. The van der Waals surface area contributed by atoms with Crippen LogP contribution >= 0.6 is 0 Å². The van der Waals surface area contributed by atoms with Gasteiger partial charge >= 0.3 is 30.0 Å². The molecule has 1 heterocycles. The molecule has 1 fully saturated rings. The third-order valence-electron chi connectivity index (χ3n) is 8.92. The van der Waals surface area contributed by atoms with Crippen molar-refractivity contribution >= 4 is 30.0 Å². The number of amides is 1. The Morgan fingerprint density at radius 2 is 1.31 bits per heavy atom. The summed E-state index contributed by atoms with van der Waals surface area (Å²) in [7, 11) is 0. The Hall–Kier alpha value is -6.31. The number of azide groups is 1. The Morgan fingerprint density at radius 1 is 0.776 bits per heavy atom. The first-order valence-corrected chi connectivity index (χ1v) is 17.2. The SMILES string of the molecule is CC(=O)OC[C@H]1O[C@H](O[C@H](C)[C@H](NC(=O)OCC2c3ccccc3-c3ccccc32)C(=O)Oc2c(F)c(F)c(F)c(F)c2F)[C@H](N=[N+]=[N-])[C@@H](OC(C)=O)[C@H]1OC(C)=O. The fourth-order valence-electron chi connectivity index (χ4n) is 6.44. The summed E-state index contributed by atoms with van der Waals surface area (Å²) in [6, 6.07) is 10.5. The minimum absolute atomic E-state index is 0.321. The number of alkyl carbamates (subject to hydrolysis) is 1. The van der Waals surface area contributed by atoms with E-state index < -0.39 is 120 Å². The zero-order valence-corrected chi connectivity index (χ0v) is 30.8. The van der Waals surface area contributed by atoms with Crippen molar-refractivity contribution in [3.05, 3.63) is 99.2 Å². The molecule has 0 aromatic heterocycles. The molecule has 1 amide bonds. The molecule has 0 saturated carbocycles. The Labute approximate surface area is 325 Å². The molecule has 0 bridgehead atoms. The fourth-order valence-corrected chi connectivity index (χ4v) is 6.44. The summed E-state index contributed by atoms with van der Waals surface area (Å²) in [6.45, 7) is 3.02. The number of fused-ring (bicyclic) bond motifs is 3.